The molecule has 0 saturated carbocycles. The molecule has 2 fully saturated rings. The van der Waals surface area contributed by atoms with Crippen LogP contribution in [0, 0.1) is 16.0 Å². The number of nitro groups is 1. The van der Waals surface area contributed by atoms with Gasteiger partial charge in [0.25, 0.3) is 11.6 Å². The molecular formula is C28H19BrClN5O7. The molecule has 0 radical (unpaired) electrons. The minimum atomic E-state index is -1.17. The summed E-state index contributed by atoms with van der Waals surface area (Å²) in [5.41, 5.74) is 1.12. The van der Waals surface area contributed by atoms with Crippen LogP contribution in [0.3, 0.4) is 0 Å². The van der Waals surface area contributed by atoms with Gasteiger partial charge in [-0.05, 0) is 48.0 Å². The summed E-state index contributed by atoms with van der Waals surface area (Å²) in [5, 5.41) is 16.9. The average molecular weight is 653 g/mol. The van der Waals surface area contributed by atoms with Crippen molar-refractivity contribution >= 4 is 62.4 Å². The minimum Gasteiger partial charge on any atom is -0.422 e. The maximum atomic E-state index is 13.8. The fourth-order valence-electron chi connectivity index (χ4n) is 5.09. The number of carbonyl (C=O) groups excluding carboxylic acids is 3. The van der Waals surface area contributed by atoms with Gasteiger partial charge in [0.2, 0.25) is 5.91 Å². The summed E-state index contributed by atoms with van der Waals surface area (Å²) in [4.78, 5) is 58.1. The topological polar surface area (TPSA) is 137 Å². The van der Waals surface area contributed by atoms with Crippen molar-refractivity contribution in [3.63, 3.8) is 0 Å². The molecule has 12 nitrogen and oxygen atoms in total. The number of aryl methyl sites for hydroxylation is 1. The number of carbonyl (C=O) groups is 3. The summed E-state index contributed by atoms with van der Waals surface area (Å²) in [6, 6.07) is 17.9. The number of nitro benzene ring substituents is 1. The number of fused-ring (bicyclic) bond motifs is 1. The molecule has 2 saturated heterocycles. The molecule has 0 spiro atoms. The van der Waals surface area contributed by atoms with Crippen LogP contribution in [0.5, 0.6) is 5.75 Å². The lowest BCUT2D eigenvalue weighted by Crippen LogP contribution is -2.37. The van der Waals surface area contributed by atoms with Crippen LogP contribution in [0.25, 0.3) is 0 Å². The number of nitrogens with zero attached hydrogens (tertiary/aromatic N) is 5. The summed E-state index contributed by atoms with van der Waals surface area (Å²) in [5.74, 6) is -2.52. The van der Waals surface area contributed by atoms with Crippen molar-refractivity contribution in [1.82, 2.24) is 9.78 Å². The fourth-order valence-corrected chi connectivity index (χ4v) is 5.60. The Labute approximate surface area is 251 Å². The van der Waals surface area contributed by atoms with E-state index in [0.717, 1.165) is 9.37 Å². The number of rotatable bonds is 6. The summed E-state index contributed by atoms with van der Waals surface area (Å²) >= 11 is 9.40. The number of imide groups is 1. The smallest absolute Gasteiger partial charge is 0.363 e. The van der Waals surface area contributed by atoms with Gasteiger partial charge in [-0.1, -0.05) is 45.7 Å². The van der Waals surface area contributed by atoms with Crippen LogP contribution in [-0.2, 0) is 21.5 Å². The highest BCUT2D eigenvalue weighted by Gasteiger charge is 2.60. The first kappa shape index (κ1) is 27.6. The van der Waals surface area contributed by atoms with E-state index >= 15 is 0 Å². The SMILES string of the molecule is Cn1ncc(Cl)c1C(=O)Oc1ccc([C@@H]2[C@@H]3C(=O)N(c4ccc(Br)cc4)C(=O)[C@H]3ON2c2cccc([N+](=O)[O-])c2)cc1. The van der Waals surface area contributed by atoms with Crippen molar-refractivity contribution < 1.29 is 28.9 Å². The zero-order chi connectivity index (χ0) is 29.7. The third-order valence-corrected chi connectivity index (χ3v) is 7.82. The van der Waals surface area contributed by atoms with E-state index in [9.17, 15) is 24.5 Å². The van der Waals surface area contributed by atoms with Crippen molar-refractivity contribution in [3.8, 4) is 5.75 Å². The van der Waals surface area contributed by atoms with Gasteiger partial charge in [0.1, 0.15) is 11.7 Å². The number of amides is 2. The van der Waals surface area contributed by atoms with Crippen LogP contribution < -0.4 is 14.7 Å². The van der Waals surface area contributed by atoms with E-state index in [4.69, 9.17) is 21.2 Å². The lowest BCUT2D eigenvalue weighted by molar-refractivity contribution is -0.384. The number of aromatic nitrogens is 2. The second-order valence-corrected chi connectivity index (χ2v) is 10.8. The van der Waals surface area contributed by atoms with Crippen molar-refractivity contribution in [3.05, 3.63) is 110 Å². The second-order valence-electron chi connectivity index (χ2n) is 9.51. The lowest BCUT2D eigenvalue weighted by Gasteiger charge is -2.28. The Bertz CT molecular complexity index is 1720. The van der Waals surface area contributed by atoms with Gasteiger partial charge >= 0.3 is 5.97 Å². The fraction of sp³-hybridized carbons (Fsp3) is 0.143. The molecule has 0 N–H and O–H groups in total. The number of anilines is 2. The Morgan fingerprint density at radius 1 is 1.05 bits per heavy atom. The van der Waals surface area contributed by atoms with Crippen molar-refractivity contribution in [2.75, 3.05) is 9.96 Å². The third kappa shape index (κ3) is 4.70. The monoisotopic (exact) mass is 651 g/mol. The number of hydrogen-bond acceptors (Lipinski definition) is 9. The molecule has 42 heavy (non-hydrogen) atoms. The van der Waals surface area contributed by atoms with Gasteiger partial charge in [0.15, 0.2) is 11.8 Å². The van der Waals surface area contributed by atoms with Crippen molar-refractivity contribution in [1.29, 1.82) is 0 Å². The van der Waals surface area contributed by atoms with E-state index in [-0.39, 0.29) is 22.2 Å². The van der Waals surface area contributed by atoms with Crippen molar-refractivity contribution in [2.24, 2.45) is 13.0 Å². The lowest BCUT2D eigenvalue weighted by atomic mass is 9.90. The highest BCUT2D eigenvalue weighted by atomic mass is 79.9. The Hall–Kier alpha value is -4.59. The van der Waals surface area contributed by atoms with E-state index in [0.29, 0.717) is 16.9 Å². The predicted molar refractivity (Wildman–Crippen MR) is 153 cm³/mol. The highest BCUT2D eigenvalue weighted by Crippen LogP contribution is 2.48. The summed E-state index contributed by atoms with van der Waals surface area (Å²) in [6.07, 6.45) is 0.160. The number of halogens is 2. The van der Waals surface area contributed by atoms with Gasteiger partial charge in [-0.2, -0.15) is 5.10 Å². The molecule has 6 rings (SSSR count). The standard InChI is InChI=1S/C28H19BrClN5O7/c1-32-24(21(30)14-31-32)28(38)41-20-11-5-15(6-12-20)23-22-25(42-34(23)18-3-2-4-19(13-18)35(39)40)27(37)33(26(22)36)17-9-7-16(29)8-10-17/h2-14,22-23,25H,1H3/t22-,23+,25-/m0/s1. The molecule has 2 aliphatic rings. The Morgan fingerprint density at radius 3 is 2.40 bits per heavy atom. The first-order chi connectivity index (χ1) is 20.1. The van der Waals surface area contributed by atoms with E-state index in [1.54, 1.807) is 49.5 Å². The molecule has 212 valence electrons. The van der Waals surface area contributed by atoms with Crippen LogP contribution in [-0.4, -0.2) is 38.6 Å². The molecule has 3 atom stereocenters. The number of esters is 1. The number of ether oxygens (including phenoxy) is 1. The molecular weight excluding hydrogens is 634 g/mol. The van der Waals surface area contributed by atoms with Crippen LogP contribution in [0.1, 0.15) is 22.1 Å². The Kier molecular flexibility index (Phi) is 7.01. The number of benzene rings is 3. The maximum Gasteiger partial charge on any atom is 0.363 e. The molecule has 0 aliphatic carbocycles. The highest BCUT2D eigenvalue weighted by molar-refractivity contribution is 9.10. The number of hydroxylamine groups is 1. The van der Waals surface area contributed by atoms with Crippen molar-refractivity contribution in [2.45, 2.75) is 12.1 Å². The number of non-ortho nitro benzene ring substituents is 1. The number of hydrogen-bond donors (Lipinski definition) is 0. The van der Waals surface area contributed by atoms with E-state index in [1.807, 2.05) is 0 Å². The van der Waals surface area contributed by atoms with Crippen LogP contribution in [0.2, 0.25) is 5.02 Å². The van der Waals surface area contributed by atoms with E-state index < -0.39 is 40.8 Å². The molecule has 0 unspecified atom stereocenters. The molecule has 3 aromatic carbocycles. The molecule has 4 aromatic rings. The zero-order valence-electron chi connectivity index (χ0n) is 21.6. The predicted octanol–water partition coefficient (Wildman–Crippen LogP) is 5.01. The van der Waals surface area contributed by atoms with Gasteiger partial charge < -0.3 is 4.74 Å². The van der Waals surface area contributed by atoms with Crippen LogP contribution in [0.4, 0.5) is 17.1 Å². The average Bonchev–Trinajstić information content (AvgIpc) is 3.61. The van der Waals surface area contributed by atoms with Gasteiger partial charge in [-0.15, -0.1) is 0 Å². The zero-order valence-corrected chi connectivity index (χ0v) is 23.9. The maximum absolute atomic E-state index is 13.8. The minimum absolute atomic E-state index is 0.0766. The first-order valence-corrected chi connectivity index (χ1v) is 13.6. The second kappa shape index (κ2) is 10.7. The molecule has 14 heteroatoms. The summed E-state index contributed by atoms with van der Waals surface area (Å²) < 4.78 is 7.54. The van der Waals surface area contributed by atoms with E-state index in [1.165, 1.54) is 46.3 Å². The normalized spacial score (nSPS) is 19.7. The molecule has 1 aromatic heterocycles. The van der Waals surface area contributed by atoms with Gasteiger partial charge in [0, 0.05) is 23.7 Å². The van der Waals surface area contributed by atoms with Gasteiger partial charge in [-0.3, -0.25) is 29.2 Å². The quantitative estimate of drug-likeness (QED) is 0.0925. The summed E-state index contributed by atoms with van der Waals surface area (Å²) in [6.45, 7) is 0. The molecule has 2 aliphatic heterocycles. The first-order valence-electron chi connectivity index (χ1n) is 12.5. The third-order valence-electron chi connectivity index (χ3n) is 7.01. The molecule has 2 amide bonds. The summed E-state index contributed by atoms with van der Waals surface area (Å²) in [7, 11) is 1.56. The molecule has 3 heterocycles. The van der Waals surface area contributed by atoms with Crippen LogP contribution >= 0.6 is 27.5 Å². The largest absolute Gasteiger partial charge is 0.422 e. The Balaban J connectivity index is 1.36. The van der Waals surface area contributed by atoms with Gasteiger partial charge in [0.05, 0.1) is 33.6 Å². The van der Waals surface area contributed by atoms with E-state index in [2.05, 4.69) is 21.0 Å². The Morgan fingerprint density at radius 2 is 1.76 bits per heavy atom. The molecule has 0 bridgehead atoms. The van der Waals surface area contributed by atoms with Crippen LogP contribution in [0.15, 0.2) is 83.5 Å². The van der Waals surface area contributed by atoms with Gasteiger partial charge in [-0.25, -0.2) is 14.8 Å².